The Morgan fingerprint density at radius 3 is 2.86 bits per heavy atom. The molecule has 0 atom stereocenters. The van der Waals surface area contributed by atoms with E-state index in [1.54, 1.807) is 6.92 Å². The minimum atomic E-state index is -0.274. The normalized spacial score (nSPS) is 13.0. The van der Waals surface area contributed by atoms with Crippen molar-refractivity contribution in [2.75, 3.05) is 10.6 Å². The van der Waals surface area contributed by atoms with Crippen LogP contribution in [0.4, 0.5) is 10.8 Å². The fourth-order valence-electron chi connectivity index (χ4n) is 3.11. The van der Waals surface area contributed by atoms with Crippen LogP contribution in [0.5, 0.6) is 0 Å². The number of hydrogen-bond donors (Lipinski definition) is 2. The van der Waals surface area contributed by atoms with E-state index < -0.39 is 0 Å². The molecule has 0 aliphatic carbocycles. The predicted octanol–water partition coefficient (Wildman–Crippen LogP) is 3.84. The van der Waals surface area contributed by atoms with Gasteiger partial charge in [-0.3, -0.25) is 19.7 Å². The van der Waals surface area contributed by atoms with Crippen LogP contribution in [0.2, 0.25) is 0 Å². The smallest absolute Gasteiger partial charge is 0.269 e. The standard InChI is InChI=1S/C20H18N4O3S2/c1-10(25)7-17-21-11(2)18(29-17)19(27)24-20-23-15(9-28-20)13-3-5-14-12(8-13)4-6-16(26)22-14/h3,5,8-9H,4,6-7H2,1-2H3,(H,22,26)(H,23,24,27). The number of aryl methyl sites for hydroxylation is 2. The Morgan fingerprint density at radius 1 is 1.24 bits per heavy atom. The number of carbonyl (C=O) groups excluding carboxylic acids is 3. The quantitative estimate of drug-likeness (QED) is 0.645. The fourth-order valence-corrected chi connectivity index (χ4v) is 4.86. The third kappa shape index (κ3) is 4.25. The summed E-state index contributed by atoms with van der Waals surface area (Å²) < 4.78 is 0. The Hall–Kier alpha value is -2.91. The first-order valence-electron chi connectivity index (χ1n) is 9.05. The van der Waals surface area contributed by atoms with Gasteiger partial charge in [-0.2, -0.15) is 0 Å². The molecular formula is C20H18N4O3S2. The molecule has 29 heavy (non-hydrogen) atoms. The van der Waals surface area contributed by atoms with Gasteiger partial charge in [0.15, 0.2) is 5.13 Å². The van der Waals surface area contributed by atoms with Crippen molar-refractivity contribution in [1.82, 2.24) is 9.97 Å². The number of amides is 2. The number of benzene rings is 1. The van der Waals surface area contributed by atoms with Gasteiger partial charge in [-0.1, -0.05) is 6.07 Å². The molecule has 7 nitrogen and oxygen atoms in total. The summed E-state index contributed by atoms with van der Waals surface area (Å²) in [6.07, 6.45) is 1.42. The van der Waals surface area contributed by atoms with Gasteiger partial charge >= 0.3 is 0 Å². The van der Waals surface area contributed by atoms with Crippen LogP contribution in [0.1, 0.15) is 39.3 Å². The molecule has 1 aliphatic heterocycles. The third-order valence-corrected chi connectivity index (χ3v) is 6.38. The first-order chi connectivity index (χ1) is 13.9. The number of thiazole rings is 2. The zero-order valence-electron chi connectivity index (χ0n) is 15.9. The van der Waals surface area contributed by atoms with E-state index >= 15 is 0 Å². The topological polar surface area (TPSA) is 101 Å². The Kier molecular flexibility index (Phi) is 5.25. The summed E-state index contributed by atoms with van der Waals surface area (Å²) >= 11 is 2.58. The van der Waals surface area contributed by atoms with Gasteiger partial charge in [-0.15, -0.1) is 22.7 Å². The average molecular weight is 427 g/mol. The molecule has 0 spiro atoms. The van der Waals surface area contributed by atoms with E-state index in [4.69, 9.17) is 0 Å². The highest BCUT2D eigenvalue weighted by Gasteiger charge is 2.19. The third-order valence-electron chi connectivity index (χ3n) is 4.47. The second kappa shape index (κ2) is 7.84. The molecule has 0 saturated carbocycles. The first kappa shape index (κ1) is 19.4. The molecule has 0 unspecified atom stereocenters. The monoisotopic (exact) mass is 426 g/mol. The molecule has 1 aromatic carbocycles. The number of nitrogens with zero attached hydrogens (tertiary/aromatic N) is 2. The van der Waals surface area contributed by atoms with Crippen LogP contribution in [-0.4, -0.2) is 27.6 Å². The number of fused-ring (bicyclic) bond motifs is 1. The van der Waals surface area contributed by atoms with Crippen LogP contribution in [0, 0.1) is 6.92 Å². The number of nitrogens with one attached hydrogen (secondary N) is 2. The van der Waals surface area contributed by atoms with E-state index in [1.807, 2.05) is 23.6 Å². The van der Waals surface area contributed by atoms with E-state index in [1.165, 1.54) is 29.6 Å². The molecular weight excluding hydrogens is 408 g/mol. The molecule has 1 aliphatic rings. The number of carbonyl (C=O) groups is 3. The van der Waals surface area contributed by atoms with Crippen LogP contribution in [0.3, 0.4) is 0 Å². The zero-order chi connectivity index (χ0) is 20.5. The Morgan fingerprint density at radius 2 is 2.07 bits per heavy atom. The summed E-state index contributed by atoms with van der Waals surface area (Å²) in [6.45, 7) is 3.26. The molecule has 3 heterocycles. The number of rotatable bonds is 5. The van der Waals surface area contributed by atoms with Crippen LogP contribution in [-0.2, 0) is 22.4 Å². The van der Waals surface area contributed by atoms with Gasteiger partial charge in [0, 0.05) is 23.1 Å². The van der Waals surface area contributed by atoms with Gasteiger partial charge in [-0.05, 0) is 38.0 Å². The van der Waals surface area contributed by atoms with Crippen LogP contribution in [0.25, 0.3) is 11.3 Å². The van der Waals surface area contributed by atoms with Crippen molar-refractivity contribution in [3.63, 3.8) is 0 Å². The summed E-state index contributed by atoms with van der Waals surface area (Å²) in [5, 5.41) is 8.71. The Balaban J connectivity index is 1.50. The highest BCUT2D eigenvalue weighted by molar-refractivity contribution is 7.15. The van der Waals surface area contributed by atoms with E-state index in [0.717, 1.165) is 22.5 Å². The van der Waals surface area contributed by atoms with Crippen molar-refractivity contribution in [3.8, 4) is 11.3 Å². The van der Waals surface area contributed by atoms with Gasteiger partial charge in [0.1, 0.15) is 15.7 Å². The Labute approximate surface area is 175 Å². The lowest BCUT2D eigenvalue weighted by Gasteiger charge is -2.17. The largest absolute Gasteiger partial charge is 0.326 e. The molecule has 0 fully saturated rings. The zero-order valence-corrected chi connectivity index (χ0v) is 17.5. The van der Waals surface area contributed by atoms with Gasteiger partial charge in [0.25, 0.3) is 5.91 Å². The molecule has 2 N–H and O–H groups in total. The highest BCUT2D eigenvalue weighted by atomic mass is 32.1. The van der Waals surface area contributed by atoms with Gasteiger partial charge in [0.2, 0.25) is 5.91 Å². The van der Waals surface area contributed by atoms with Crippen LogP contribution < -0.4 is 10.6 Å². The first-order valence-corrected chi connectivity index (χ1v) is 10.7. The molecule has 3 aromatic rings. The lowest BCUT2D eigenvalue weighted by atomic mass is 9.99. The van der Waals surface area contributed by atoms with Crippen molar-refractivity contribution in [1.29, 1.82) is 0 Å². The molecule has 2 amide bonds. The molecule has 148 valence electrons. The average Bonchev–Trinajstić information content (AvgIpc) is 3.27. The van der Waals surface area contributed by atoms with Crippen molar-refractivity contribution in [2.45, 2.75) is 33.1 Å². The van der Waals surface area contributed by atoms with E-state index in [0.29, 0.717) is 33.6 Å². The number of aromatic nitrogens is 2. The maximum atomic E-state index is 12.6. The summed E-state index contributed by atoms with van der Waals surface area (Å²) in [5.41, 5.74) is 4.24. The summed E-state index contributed by atoms with van der Waals surface area (Å²) in [6, 6.07) is 5.82. The number of Topliss-reactive ketones (excluding diaryl/α,β-unsaturated/α-hetero) is 1. The van der Waals surface area contributed by atoms with Gasteiger partial charge in [0.05, 0.1) is 17.8 Å². The van der Waals surface area contributed by atoms with E-state index in [9.17, 15) is 14.4 Å². The molecule has 4 rings (SSSR count). The molecule has 0 bridgehead atoms. The Bertz CT molecular complexity index is 1130. The van der Waals surface area contributed by atoms with E-state index in [2.05, 4.69) is 20.6 Å². The number of hydrogen-bond acceptors (Lipinski definition) is 7. The molecule has 9 heteroatoms. The maximum Gasteiger partial charge on any atom is 0.269 e. The summed E-state index contributed by atoms with van der Waals surface area (Å²) in [7, 11) is 0. The molecule has 0 saturated heterocycles. The van der Waals surface area contributed by atoms with Gasteiger partial charge in [-0.25, -0.2) is 9.97 Å². The van der Waals surface area contributed by atoms with Crippen molar-refractivity contribution in [3.05, 3.63) is 44.7 Å². The molecule has 0 radical (unpaired) electrons. The minimum Gasteiger partial charge on any atom is -0.326 e. The second-order valence-corrected chi connectivity index (χ2v) is 8.75. The van der Waals surface area contributed by atoms with Crippen LogP contribution >= 0.6 is 22.7 Å². The SMILES string of the molecule is CC(=O)Cc1nc(C)c(C(=O)Nc2nc(-c3ccc4c(c3)CCC(=O)N4)cs2)s1. The number of ketones is 1. The van der Waals surface area contributed by atoms with Crippen LogP contribution in [0.15, 0.2) is 23.6 Å². The molecule has 2 aromatic heterocycles. The summed E-state index contributed by atoms with van der Waals surface area (Å²) in [4.78, 5) is 44.7. The highest BCUT2D eigenvalue weighted by Crippen LogP contribution is 2.31. The number of anilines is 2. The van der Waals surface area contributed by atoms with E-state index in [-0.39, 0.29) is 24.0 Å². The van der Waals surface area contributed by atoms with Crippen molar-refractivity contribution in [2.24, 2.45) is 0 Å². The van der Waals surface area contributed by atoms with Gasteiger partial charge < -0.3 is 5.32 Å². The predicted molar refractivity (Wildman–Crippen MR) is 114 cm³/mol. The maximum absolute atomic E-state index is 12.6. The lowest BCUT2D eigenvalue weighted by Crippen LogP contribution is -2.18. The fraction of sp³-hybridized carbons (Fsp3) is 0.250. The van der Waals surface area contributed by atoms with Crippen molar-refractivity contribution >= 4 is 51.1 Å². The summed E-state index contributed by atoms with van der Waals surface area (Å²) in [5.74, 6) is -0.225. The second-order valence-electron chi connectivity index (χ2n) is 6.81. The lowest BCUT2D eigenvalue weighted by molar-refractivity contribution is -0.117. The minimum absolute atomic E-state index is 0.0138. The van der Waals surface area contributed by atoms with Crippen molar-refractivity contribution < 1.29 is 14.4 Å².